The number of thioether (sulfide) groups is 1. The Kier molecular flexibility index (Phi) is 5.05. The topological polar surface area (TPSA) is 29.9 Å². The number of hydrogen-bond acceptors (Lipinski definition) is 3. The maximum atomic E-state index is 4.28. The number of rotatable bonds is 6. The standard InChI is InChI=1S/C15H21N3S/c1-12-10-17-18(11-12)9-8-16-13(2)14-4-6-15(19-3)7-5-14/h4-7,10-11,13,16H,8-9H2,1-3H3. The van der Waals surface area contributed by atoms with Gasteiger partial charge in [0, 0.05) is 23.7 Å². The number of aryl methyl sites for hydroxylation is 1. The lowest BCUT2D eigenvalue weighted by atomic mass is 10.1. The molecule has 0 aliphatic carbocycles. The Labute approximate surface area is 119 Å². The number of nitrogens with zero attached hydrogens (tertiary/aromatic N) is 2. The van der Waals surface area contributed by atoms with Gasteiger partial charge in [-0.2, -0.15) is 5.10 Å². The zero-order valence-corrected chi connectivity index (χ0v) is 12.6. The summed E-state index contributed by atoms with van der Waals surface area (Å²) >= 11 is 1.77. The molecule has 0 spiro atoms. The van der Waals surface area contributed by atoms with Gasteiger partial charge in [0.2, 0.25) is 0 Å². The first-order valence-electron chi connectivity index (χ1n) is 6.55. The second-order valence-corrected chi connectivity index (χ2v) is 5.61. The fourth-order valence-electron chi connectivity index (χ4n) is 2.00. The van der Waals surface area contributed by atoms with Crippen molar-refractivity contribution in [3.05, 3.63) is 47.8 Å². The third-order valence-electron chi connectivity index (χ3n) is 3.17. The average Bonchev–Trinajstić information content (AvgIpc) is 2.84. The Bertz CT molecular complexity index is 504. The third kappa shape index (κ3) is 4.11. The van der Waals surface area contributed by atoms with E-state index >= 15 is 0 Å². The summed E-state index contributed by atoms with van der Waals surface area (Å²) < 4.78 is 1.98. The van der Waals surface area contributed by atoms with E-state index in [1.807, 2.05) is 10.9 Å². The van der Waals surface area contributed by atoms with Crippen LogP contribution in [0, 0.1) is 6.92 Å². The van der Waals surface area contributed by atoms with E-state index in [1.165, 1.54) is 16.0 Å². The predicted molar refractivity (Wildman–Crippen MR) is 81.6 cm³/mol. The lowest BCUT2D eigenvalue weighted by Crippen LogP contribution is -2.23. The highest BCUT2D eigenvalue weighted by Crippen LogP contribution is 2.18. The van der Waals surface area contributed by atoms with Crippen molar-refractivity contribution >= 4 is 11.8 Å². The molecule has 0 amide bonds. The summed E-state index contributed by atoms with van der Waals surface area (Å²) in [6.45, 7) is 6.09. The van der Waals surface area contributed by atoms with Crippen LogP contribution in [0.3, 0.4) is 0 Å². The molecule has 0 bridgehead atoms. The van der Waals surface area contributed by atoms with Crippen molar-refractivity contribution in [3.8, 4) is 0 Å². The minimum atomic E-state index is 0.368. The summed E-state index contributed by atoms with van der Waals surface area (Å²) in [6.07, 6.45) is 6.06. The molecule has 3 nitrogen and oxygen atoms in total. The highest BCUT2D eigenvalue weighted by molar-refractivity contribution is 7.98. The van der Waals surface area contributed by atoms with Crippen molar-refractivity contribution < 1.29 is 0 Å². The minimum absolute atomic E-state index is 0.368. The van der Waals surface area contributed by atoms with Gasteiger partial charge in [-0.05, 0) is 43.4 Å². The summed E-state index contributed by atoms with van der Waals surface area (Å²) in [7, 11) is 0. The molecule has 1 unspecified atom stereocenters. The van der Waals surface area contributed by atoms with Crippen molar-refractivity contribution in [1.82, 2.24) is 15.1 Å². The largest absolute Gasteiger partial charge is 0.308 e. The zero-order valence-electron chi connectivity index (χ0n) is 11.8. The zero-order chi connectivity index (χ0) is 13.7. The van der Waals surface area contributed by atoms with E-state index in [4.69, 9.17) is 0 Å². The van der Waals surface area contributed by atoms with E-state index in [0.717, 1.165) is 13.1 Å². The highest BCUT2D eigenvalue weighted by Gasteiger charge is 2.04. The van der Waals surface area contributed by atoms with Crippen molar-refractivity contribution in [2.45, 2.75) is 31.3 Å². The summed E-state index contributed by atoms with van der Waals surface area (Å²) in [5.74, 6) is 0. The van der Waals surface area contributed by atoms with Gasteiger partial charge in [0.05, 0.1) is 12.7 Å². The van der Waals surface area contributed by atoms with Crippen molar-refractivity contribution in [2.24, 2.45) is 0 Å². The van der Waals surface area contributed by atoms with E-state index < -0.39 is 0 Å². The van der Waals surface area contributed by atoms with Crippen molar-refractivity contribution in [2.75, 3.05) is 12.8 Å². The van der Waals surface area contributed by atoms with E-state index in [0.29, 0.717) is 6.04 Å². The summed E-state index contributed by atoms with van der Waals surface area (Å²) in [5, 5.41) is 7.81. The molecule has 19 heavy (non-hydrogen) atoms. The SMILES string of the molecule is CSc1ccc(C(C)NCCn2cc(C)cn2)cc1. The molecule has 0 aliphatic heterocycles. The lowest BCUT2D eigenvalue weighted by Gasteiger charge is -2.14. The van der Waals surface area contributed by atoms with Gasteiger partial charge in [0.1, 0.15) is 0 Å². The molecule has 1 N–H and O–H groups in total. The van der Waals surface area contributed by atoms with Crippen LogP contribution in [0.15, 0.2) is 41.6 Å². The maximum absolute atomic E-state index is 4.28. The molecule has 0 radical (unpaired) electrons. The average molecular weight is 275 g/mol. The van der Waals surface area contributed by atoms with E-state index in [9.17, 15) is 0 Å². The van der Waals surface area contributed by atoms with Gasteiger partial charge in [-0.15, -0.1) is 11.8 Å². The Morgan fingerprint density at radius 3 is 2.63 bits per heavy atom. The van der Waals surface area contributed by atoms with Gasteiger partial charge in [-0.3, -0.25) is 4.68 Å². The molecule has 0 fully saturated rings. The number of benzene rings is 1. The van der Waals surface area contributed by atoms with Gasteiger partial charge < -0.3 is 5.32 Å². The molecule has 0 aliphatic rings. The molecule has 0 saturated heterocycles. The molecular formula is C15H21N3S. The molecular weight excluding hydrogens is 254 g/mol. The second-order valence-electron chi connectivity index (χ2n) is 4.73. The van der Waals surface area contributed by atoms with Crippen LogP contribution >= 0.6 is 11.8 Å². The molecule has 2 rings (SSSR count). The van der Waals surface area contributed by atoms with E-state index in [-0.39, 0.29) is 0 Å². The van der Waals surface area contributed by atoms with Crippen LogP contribution in [0.2, 0.25) is 0 Å². The third-order valence-corrected chi connectivity index (χ3v) is 3.91. The maximum Gasteiger partial charge on any atom is 0.0534 e. The molecule has 1 atom stereocenters. The summed E-state index contributed by atoms with van der Waals surface area (Å²) in [4.78, 5) is 1.31. The molecule has 1 aromatic heterocycles. The van der Waals surface area contributed by atoms with Crippen LogP contribution in [0.4, 0.5) is 0 Å². The van der Waals surface area contributed by atoms with Crippen LogP contribution in [-0.4, -0.2) is 22.6 Å². The molecule has 1 heterocycles. The van der Waals surface area contributed by atoms with Gasteiger partial charge in [-0.1, -0.05) is 12.1 Å². The van der Waals surface area contributed by atoms with E-state index in [2.05, 4.69) is 61.0 Å². The Balaban J connectivity index is 1.81. The molecule has 1 aromatic carbocycles. The van der Waals surface area contributed by atoms with Crippen LogP contribution < -0.4 is 5.32 Å². The lowest BCUT2D eigenvalue weighted by molar-refractivity contribution is 0.507. The minimum Gasteiger partial charge on any atom is -0.308 e. The number of hydrogen-bond donors (Lipinski definition) is 1. The Hall–Kier alpha value is -1.26. The normalized spacial score (nSPS) is 12.6. The number of aromatic nitrogens is 2. The van der Waals surface area contributed by atoms with Crippen LogP contribution in [0.5, 0.6) is 0 Å². The summed E-state index contributed by atoms with van der Waals surface area (Å²) in [5.41, 5.74) is 2.54. The summed E-state index contributed by atoms with van der Waals surface area (Å²) in [6, 6.07) is 9.11. The van der Waals surface area contributed by atoms with Gasteiger partial charge in [-0.25, -0.2) is 0 Å². The van der Waals surface area contributed by atoms with E-state index in [1.54, 1.807) is 11.8 Å². The first-order chi connectivity index (χ1) is 9.19. The number of nitrogens with one attached hydrogen (secondary N) is 1. The highest BCUT2D eigenvalue weighted by atomic mass is 32.2. The Morgan fingerprint density at radius 1 is 1.32 bits per heavy atom. The second kappa shape index (κ2) is 6.78. The smallest absolute Gasteiger partial charge is 0.0534 e. The first kappa shape index (κ1) is 14.2. The first-order valence-corrected chi connectivity index (χ1v) is 7.78. The van der Waals surface area contributed by atoms with Gasteiger partial charge >= 0.3 is 0 Å². The molecule has 4 heteroatoms. The van der Waals surface area contributed by atoms with Crippen LogP contribution in [0.1, 0.15) is 24.1 Å². The van der Waals surface area contributed by atoms with Crippen molar-refractivity contribution in [1.29, 1.82) is 0 Å². The van der Waals surface area contributed by atoms with Gasteiger partial charge in [0.25, 0.3) is 0 Å². The molecule has 2 aromatic rings. The predicted octanol–water partition coefficient (Wildman–Crippen LogP) is 3.26. The molecule has 0 saturated carbocycles. The quantitative estimate of drug-likeness (QED) is 0.821. The fourth-order valence-corrected chi connectivity index (χ4v) is 2.40. The molecule has 102 valence electrons. The van der Waals surface area contributed by atoms with Gasteiger partial charge in [0.15, 0.2) is 0 Å². The Morgan fingerprint density at radius 2 is 2.05 bits per heavy atom. The fraction of sp³-hybridized carbons (Fsp3) is 0.400. The van der Waals surface area contributed by atoms with Crippen LogP contribution in [0.25, 0.3) is 0 Å². The van der Waals surface area contributed by atoms with Crippen molar-refractivity contribution in [3.63, 3.8) is 0 Å². The van der Waals surface area contributed by atoms with Crippen LogP contribution in [-0.2, 0) is 6.54 Å². The monoisotopic (exact) mass is 275 g/mol.